The molecule has 1 unspecified atom stereocenters. The van der Waals surface area contributed by atoms with Gasteiger partial charge in [-0.05, 0) is 42.9 Å². The number of para-hydroxylation sites is 2. The number of amides is 1. The van der Waals surface area contributed by atoms with Gasteiger partial charge in [-0.1, -0.05) is 55.5 Å². The van der Waals surface area contributed by atoms with E-state index in [1.54, 1.807) is 7.11 Å². The van der Waals surface area contributed by atoms with Crippen molar-refractivity contribution in [2.75, 3.05) is 26.7 Å². The molecule has 1 aliphatic heterocycles. The lowest BCUT2D eigenvalue weighted by Gasteiger charge is -2.29. The van der Waals surface area contributed by atoms with Gasteiger partial charge in [-0.2, -0.15) is 5.10 Å². The number of hydrogen-bond donors (Lipinski definition) is 0. The molecule has 1 saturated carbocycles. The van der Waals surface area contributed by atoms with E-state index in [0.29, 0.717) is 12.5 Å². The number of methoxy groups -OCH3 is 1. The maximum atomic E-state index is 14.0. The summed E-state index contributed by atoms with van der Waals surface area (Å²) >= 11 is 0. The predicted molar refractivity (Wildman–Crippen MR) is 147 cm³/mol. The van der Waals surface area contributed by atoms with Crippen LogP contribution in [0.5, 0.6) is 5.75 Å². The molecule has 1 fully saturated rings. The molecule has 1 atom stereocenters. The van der Waals surface area contributed by atoms with Crippen molar-refractivity contribution in [3.63, 3.8) is 0 Å². The highest BCUT2D eigenvalue weighted by atomic mass is 16.5. The van der Waals surface area contributed by atoms with Gasteiger partial charge in [0.1, 0.15) is 11.4 Å². The lowest BCUT2D eigenvalue weighted by Crippen LogP contribution is -2.37. The van der Waals surface area contributed by atoms with E-state index in [1.165, 1.54) is 24.1 Å². The summed E-state index contributed by atoms with van der Waals surface area (Å²) in [4.78, 5) is 18.5. The fraction of sp³-hybridized carbons (Fsp3) is 0.419. The summed E-state index contributed by atoms with van der Waals surface area (Å²) in [6, 6.07) is 18.2. The van der Waals surface area contributed by atoms with Crippen LogP contribution < -0.4 is 4.74 Å². The van der Waals surface area contributed by atoms with Crippen molar-refractivity contribution in [3.8, 4) is 11.4 Å². The standard InChI is InChI=1S/C31H38N4O2/c1-4-18-33-19-17-28-26(21-33)27(32-35(28)29-13-9-10-14-30(29)37-3)22-34(20-23-15-16-23)31(36)25(5-2)24-11-7-6-8-12-24/h4,6-14,23,25H,1,5,15-22H2,2-3H3. The number of ether oxygens (including phenoxy) is 1. The summed E-state index contributed by atoms with van der Waals surface area (Å²) in [6.07, 6.45) is 6.04. The van der Waals surface area contributed by atoms with Crippen LogP contribution in [-0.2, 0) is 24.3 Å². The minimum absolute atomic E-state index is 0.135. The SMILES string of the molecule is C=CCN1CCc2c(c(CN(CC3CC3)C(=O)C(CC)c3ccccc3)nn2-c2ccccc2OC)C1. The highest BCUT2D eigenvalue weighted by Gasteiger charge is 2.33. The van der Waals surface area contributed by atoms with E-state index in [0.717, 1.165) is 61.7 Å². The number of aromatic nitrogens is 2. The lowest BCUT2D eigenvalue weighted by molar-refractivity contribution is -0.133. The topological polar surface area (TPSA) is 50.6 Å². The number of carbonyl (C=O) groups is 1. The van der Waals surface area contributed by atoms with Gasteiger partial charge in [0.25, 0.3) is 0 Å². The summed E-state index contributed by atoms with van der Waals surface area (Å²) in [6.45, 7) is 10.00. The second-order valence-electron chi connectivity index (χ2n) is 10.3. The molecule has 2 aliphatic rings. The van der Waals surface area contributed by atoms with E-state index in [4.69, 9.17) is 9.84 Å². The highest BCUT2D eigenvalue weighted by molar-refractivity contribution is 5.83. The van der Waals surface area contributed by atoms with Crippen molar-refractivity contribution < 1.29 is 9.53 Å². The normalized spacial score (nSPS) is 16.2. The Kier molecular flexibility index (Phi) is 7.75. The van der Waals surface area contributed by atoms with Crippen LogP contribution in [0.25, 0.3) is 5.69 Å². The van der Waals surface area contributed by atoms with Crippen LogP contribution >= 0.6 is 0 Å². The van der Waals surface area contributed by atoms with Crippen molar-refractivity contribution in [1.29, 1.82) is 0 Å². The molecule has 1 aliphatic carbocycles. The van der Waals surface area contributed by atoms with E-state index < -0.39 is 0 Å². The fourth-order valence-electron chi connectivity index (χ4n) is 5.50. The minimum atomic E-state index is -0.135. The van der Waals surface area contributed by atoms with Crippen molar-refractivity contribution in [2.24, 2.45) is 5.92 Å². The summed E-state index contributed by atoms with van der Waals surface area (Å²) < 4.78 is 7.74. The van der Waals surface area contributed by atoms with Crippen molar-refractivity contribution >= 4 is 5.91 Å². The number of fused-ring (bicyclic) bond motifs is 1. The Bertz CT molecular complexity index is 1230. The van der Waals surface area contributed by atoms with Gasteiger partial charge in [-0.3, -0.25) is 9.69 Å². The molecule has 0 bridgehead atoms. The van der Waals surface area contributed by atoms with Gasteiger partial charge in [0.15, 0.2) is 0 Å². The van der Waals surface area contributed by atoms with Crippen LogP contribution in [0.4, 0.5) is 0 Å². The second-order valence-corrected chi connectivity index (χ2v) is 10.3. The molecule has 1 amide bonds. The molecule has 6 nitrogen and oxygen atoms in total. The number of carbonyl (C=O) groups excluding carboxylic acids is 1. The maximum absolute atomic E-state index is 14.0. The fourth-order valence-corrected chi connectivity index (χ4v) is 5.50. The van der Waals surface area contributed by atoms with E-state index in [2.05, 4.69) is 46.2 Å². The van der Waals surface area contributed by atoms with E-state index in [1.807, 2.05) is 42.5 Å². The summed E-state index contributed by atoms with van der Waals surface area (Å²) in [5, 5.41) is 5.16. The first-order chi connectivity index (χ1) is 18.1. The molecule has 0 radical (unpaired) electrons. The quantitative estimate of drug-likeness (QED) is 0.334. The van der Waals surface area contributed by atoms with Crippen molar-refractivity contribution in [1.82, 2.24) is 19.6 Å². The zero-order chi connectivity index (χ0) is 25.8. The largest absolute Gasteiger partial charge is 0.494 e. The van der Waals surface area contributed by atoms with Gasteiger partial charge in [0, 0.05) is 38.2 Å². The van der Waals surface area contributed by atoms with Gasteiger partial charge in [0.2, 0.25) is 5.91 Å². The molecular formula is C31H38N4O2. The Balaban J connectivity index is 1.52. The summed E-state index contributed by atoms with van der Waals surface area (Å²) in [5.74, 6) is 1.47. The van der Waals surface area contributed by atoms with Crippen LogP contribution in [0.2, 0.25) is 0 Å². The van der Waals surface area contributed by atoms with E-state index in [-0.39, 0.29) is 11.8 Å². The van der Waals surface area contributed by atoms with Crippen LogP contribution in [0.1, 0.15) is 54.6 Å². The Hall–Kier alpha value is -3.38. The van der Waals surface area contributed by atoms with Gasteiger partial charge in [-0.15, -0.1) is 6.58 Å². The van der Waals surface area contributed by atoms with Crippen molar-refractivity contribution in [2.45, 2.75) is 51.6 Å². The molecule has 0 spiro atoms. The molecule has 1 aromatic heterocycles. The van der Waals surface area contributed by atoms with E-state index in [9.17, 15) is 4.79 Å². The Morgan fingerprint density at radius 2 is 1.95 bits per heavy atom. The smallest absolute Gasteiger partial charge is 0.230 e. The molecule has 37 heavy (non-hydrogen) atoms. The molecular weight excluding hydrogens is 460 g/mol. The van der Waals surface area contributed by atoms with Gasteiger partial charge < -0.3 is 9.64 Å². The van der Waals surface area contributed by atoms with Crippen LogP contribution in [-0.4, -0.2) is 52.2 Å². The average molecular weight is 499 g/mol. The number of hydrogen-bond acceptors (Lipinski definition) is 4. The highest BCUT2D eigenvalue weighted by Crippen LogP contribution is 2.34. The number of nitrogens with zero attached hydrogens (tertiary/aromatic N) is 4. The molecule has 5 rings (SSSR count). The van der Waals surface area contributed by atoms with Crippen LogP contribution in [0, 0.1) is 5.92 Å². The lowest BCUT2D eigenvalue weighted by atomic mass is 9.94. The van der Waals surface area contributed by atoms with Gasteiger partial charge in [-0.25, -0.2) is 4.68 Å². The van der Waals surface area contributed by atoms with Crippen LogP contribution in [0.15, 0.2) is 67.3 Å². The van der Waals surface area contributed by atoms with E-state index >= 15 is 0 Å². The second kappa shape index (κ2) is 11.3. The average Bonchev–Trinajstić information content (AvgIpc) is 3.69. The summed E-state index contributed by atoms with van der Waals surface area (Å²) in [5.41, 5.74) is 5.48. The maximum Gasteiger partial charge on any atom is 0.230 e. The Morgan fingerprint density at radius 1 is 1.19 bits per heavy atom. The third kappa shape index (κ3) is 5.49. The zero-order valence-electron chi connectivity index (χ0n) is 22.1. The molecule has 6 heteroatoms. The van der Waals surface area contributed by atoms with Crippen LogP contribution in [0.3, 0.4) is 0 Å². The molecule has 2 aromatic carbocycles. The first-order valence-electron chi connectivity index (χ1n) is 13.5. The zero-order valence-corrected chi connectivity index (χ0v) is 22.1. The number of benzene rings is 2. The third-order valence-corrected chi connectivity index (χ3v) is 7.66. The van der Waals surface area contributed by atoms with Gasteiger partial charge >= 0.3 is 0 Å². The molecule has 2 heterocycles. The molecule has 3 aromatic rings. The first kappa shape index (κ1) is 25.3. The first-order valence-corrected chi connectivity index (χ1v) is 13.5. The Morgan fingerprint density at radius 3 is 2.65 bits per heavy atom. The van der Waals surface area contributed by atoms with Gasteiger partial charge in [0.05, 0.1) is 31.0 Å². The molecule has 0 N–H and O–H groups in total. The molecule has 0 saturated heterocycles. The third-order valence-electron chi connectivity index (χ3n) is 7.66. The Labute approximate surface area is 220 Å². The monoisotopic (exact) mass is 498 g/mol. The minimum Gasteiger partial charge on any atom is -0.494 e. The molecule has 194 valence electrons. The van der Waals surface area contributed by atoms with Crippen molar-refractivity contribution in [3.05, 3.63) is 89.8 Å². The summed E-state index contributed by atoms with van der Waals surface area (Å²) in [7, 11) is 1.70. The predicted octanol–water partition coefficient (Wildman–Crippen LogP) is 5.36. The number of rotatable bonds is 11.